The van der Waals surface area contributed by atoms with Crippen molar-refractivity contribution >= 4 is 28.7 Å². The Labute approximate surface area is 126 Å². The van der Waals surface area contributed by atoms with Crippen LogP contribution in [0.15, 0.2) is 30.5 Å². The van der Waals surface area contributed by atoms with E-state index in [1.165, 1.54) is 6.92 Å². The molecular weight excluding hydrogens is 288 g/mol. The second-order valence-corrected chi connectivity index (χ2v) is 4.80. The lowest BCUT2D eigenvalue weighted by molar-refractivity contribution is -0.148. The van der Waals surface area contributed by atoms with Gasteiger partial charge in [0.15, 0.2) is 6.61 Å². The highest BCUT2D eigenvalue weighted by atomic mass is 16.5. The molecule has 2 aromatic rings. The van der Waals surface area contributed by atoms with Crippen molar-refractivity contribution in [1.82, 2.24) is 10.3 Å². The minimum absolute atomic E-state index is 0.130. The number of carboxylic acids is 1. The third-order valence-corrected chi connectivity index (χ3v) is 3.14. The zero-order valence-corrected chi connectivity index (χ0v) is 12.0. The van der Waals surface area contributed by atoms with E-state index in [4.69, 9.17) is 0 Å². The molecule has 0 unspecified atom stereocenters. The monoisotopic (exact) mass is 304 g/mol. The van der Waals surface area contributed by atoms with Crippen molar-refractivity contribution in [1.29, 1.82) is 0 Å². The molecule has 0 aliphatic carbocycles. The quantitative estimate of drug-likeness (QED) is 0.685. The summed E-state index contributed by atoms with van der Waals surface area (Å²) >= 11 is 0. The highest BCUT2D eigenvalue weighted by molar-refractivity contribution is 5.87. The maximum Gasteiger partial charge on any atom is 0.326 e. The van der Waals surface area contributed by atoms with Crippen LogP contribution in [0, 0.1) is 0 Å². The summed E-state index contributed by atoms with van der Waals surface area (Å²) in [5.74, 6) is -2.40. The Hall–Kier alpha value is -2.83. The van der Waals surface area contributed by atoms with Gasteiger partial charge in [0, 0.05) is 30.4 Å². The molecule has 0 aliphatic heterocycles. The molecule has 1 aromatic heterocycles. The van der Waals surface area contributed by atoms with E-state index < -0.39 is 30.5 Å². The first-order valence-electron chi connectivity index (χ1n) is 6.68. The average molecular weight is 304 g/mol. The number of carboxylic acid groups (broad SMARTS) is 1. The molecule has 1 amide bonds. The Kier molecular flexibility index (Phi) is 4.77. The van der Waals surface area contributed by atoms with Gasteiger partial charge in [-0.1, -0.05) is 18.2 Å². The molecule has 1 atom stereocenters. The fourth-order valence-electron chi connectivity index (χ4n) is 2.12. The number of esters is 1. The largest absolute Gasteiger partial charge is 0.480 e. The number of aromatic nitrogens is 1. The number of carbonyl (C=O) groups is 3. The first-order chi connectivity index (χ1) is 10.5. The van der Waals surface area contributed by atoms with Gasteiger partial charge in [-0.2, -0.15) is 0 Å². The normalized spacial score (nSPS) is 11.9. The van der Waals surface area contributed by atoms with Gasteiger partial charge in [-0.3, -0.25) is 9.59 Å². The van der Waals surface area contributed by atoms with Crippen molar-refractivity contribution in [2.45, 2.75) is 19.4 Å². The molecule has 116 valence electrons. The molecule has 0 saturated heterocycles. The lowest BCUT2D eigenvalue weighted by Crippen LogP contribution is -2.44. The van der Waals surface area contributed by atoms with Gasteiger partial charge < -0.3 is 20.1 Å². The van der Waals surface area contributed by atoms with Gasteiger partial charge in [0.1, 0.15) is 6.04 Å². The summed E-state index contributed by atoms with van der Waals surface area (Å²) in [6.45, 7) is 0.681. The number of nitrogens with one attached hydrogen (secondary N) is 2. The molecule has 0 aliphatic rings. The van der Waals surface area contributed by atoms with Crippen LogP contribution in [0.25, 0.3) is 10.9 Å². The fraction of sp³-hybridized carbons (Fsp3) is 0.267. The predicted molar refractivity (Wildman–Crippen MR) is 78.2 cm³/mol. The van der Waals surface area contributed by atoms with E-state index in [0.717, 1.165) is 16.5 Å². The summed E-state index contributed by atoms with van der Waals surface area (Å²) in [5.41, 5.74) is 1.68. The van der Waals surface area contributed by atoms with Gasteiger partial charge in [-0.15, -0.1) is 0 Å². The van der Waals surface area contributed by atoms with Crippen molar-refractivity contribution in [2.75, 3.05) is 6.61 Å². The molecule has 0 fully saturated rings. The summed E-state index contributed by atoms with van der Waals surface area (Å²) in [6.07, 6.45) is 1.85. The van der Waals surface area contributed by atoms with E-state index >= 15 is 0 Å². The van der Waals surface area contributed by atoms with E-state index in [-0.39, 0.29) is 6.42 Å². The Balaban J connectivity index is 2.07. The van der Waals surface area contributed by atoms with Crippen molar-refractivity contribution in [3.8, 4) is 0 Å². The number of H-pyrrole nitrogens is 1. The van der Waals surface area contributed by atoms with E-state index in [0.29, 0.717) is 0 Å². The average Bonchev–Trinajstić information content (AvgIpc) is 2.87. The first-order valence-corrected chi connectivity index (χ1v) is 6.68. The number of rotatable bonds is 6. The van der Waals surface area contributed by atoms with Crippen LogP contribution in [-0.4, -0.2) is 40.6 Å². The zero-order chi connectivity index (χ0) is 16.1. The number of hydrogen-bond donors (Lipinski definition) is 3. The molecule has 22 heavy (non-hydrogen) atoms. The molecule has 7 nitrogen and oxygen atoms in total. The van der Waals surface area contributed by atoms with Crippen LogP contribution in [0.1, 0.15) is 12.5 Å². The van der Waals surface area contributed by atoms with Crippen molar-refractivity contribution in [3.05, 3.63) is 36.0 Å². The van der Waals surface area contributed by atoms with Gasteiger partial charge in [0.05, 0.1) is 0 Å². The van der Waals surface area contributed by atoms with Crippen LogP contribution in [-0.2, 0) is 25.5 Å². The molecule has 1 heterocycles. The molecule has 0 saturated carbocycles. The lowest BCUT2D eigenvalue weighted by Gasteiger charge is -2.14. The maximum atomic E-state index is 11.6. The van der Waals surface area contributed by atoms with Crippen molar-refractivity contribution in [3.63, 3.8) is 0 Å². The zero-order valence-electron chi connectivity index (χ0n) is 12.0. The van der Waals surface area contributed by atoms with E-state index in [1.54, 1.807) is 6.20 Å². The molecule has 1 aromatic carbocycles. The van der Waals surface area contributed by atoms with E-state index in [1.807, 2.05) is 24.3 Å². The maximum absolute atomic E-state index is 11.6. The smallest absolute Gasteiger partial charge is 0.326 e. The Morgan fingerprint density at radius 1 is 1.32 bits per heavy atom. The van der Waals surface area contributed by atoms with Crippen LogP contribution in [0.2, 0.25) is 0 Å². The van der Waals surface area contributed by atoms with Crippen LogP contribution in [0.4, 0.5) is 0 Å². The van der Waals surface area contributed by atoms with Gasteiger partial charge in [0.25, 0.3) is 5.91 Å². The third-order valence-electron chi connectivity index (χ3n) is 3.14. The summed E-state index contributed by atoms with van der Waals surface area (Å²) in [6, 6.07) is 6.39. The standard InChI is InChI=1S/C15H16N2O5/c1-9(18)22-8-14(19)17-13(15(20)21)6-10-7-16-12-5-3-2-4-11(10)12/h2-5,7,13,16H,6,8H2,1H3,(H,17,19)(H,20,21)/t13-/m1/s1. The second-order valence-electron chi connectivity index (χ2n) is 4.80. The second kappa shape index (κ2) is 6.75. The highest BCUT2D eigenvalue weighted by Gasteiger charge is 2.22. The Morgan fingerprint density at radius 3 is 2.73 bits per heavy atom. The summed E-state index contributed by atoms with van der Waals surface area (Å²) < 4.78 is 4.54. The van der Waals surface area contributed by atoms with Crippen LogP contribution < -0.4 is 5.32 Å². The van der Waals surface area contributed by atoms with Crippen LogP contribution in [0.5, 0.6) is 0 Å². The van der Waals surface area contributed by atoms with Gasteiger partial charge >= 0.3 is 11.9 Å². The summed E-state index contributed by atoms with van der Waals surface area (Å²) in [5, 5.41) is 12.5. The number of benzene rings is 1. The number of amides is 1. The SMILES string of the molecule is CC(=O)OCC(=O)N[C@H](Cc1c[nH]c2ccccc12)C(=O)O. The van der Waals surface area contributed by atoms with Crippen molar-refractivity contribution < 1.29 is 24.2 Å². The minimum atomic E-state index is -1.15. The van der Waals surface area contributed by atoms with Crippen molar-refractivity contribution in [2.24, 2.45) is 0 Å². The number of aromatic amines is 1. The van der Waals surface area contributed by atoms with Gasteiger partial charge in [0.2, 0.25) is 0 Å². The number of para-hydroxylation sites is 1. The number of carbonyl (C=O) groups excluding carboxylic acids is 2. The van der Waals surface area contributed by atoms with Gasteiger partial charge in [-0.25, -0.2) is 4.79 Å². The number of ether oxygens (including phenoxy) is 1. The predicted octanol–water partition coefficient (Wildman–Crippen LogP) is 0.843. The highest BCUT2D eigenvalue weighted by Crippen LogP contribution is 2.19. The molecule has 0 bridgehead atoms. The Morgan fingerprint density at radius 2 is 2.05 bits per heavy atom. The number of aliphatic carboxylic acids is 1. The van der Waals surface area contributed by atoms with Gasteiger partial charge in [-0.05, 0) is 11.6 Å². The van der Waals surface area contributed by atoms with Crippen LogP contribution >= 0.6 is 0 Å². The van der Waals surface area contributed by atoms with E-state index in [2.05, 4.69) is 15.0 Å². The minimum Gasteiger partial charge on any atom is -0.480 e. The molecular formula is C15H16N2O5. The van der Waals surface area contributed by atoms with Crippen LogP contribution in [0.3, 0.4) is 0 Å². The first kappa shape index (κ1) is 15.6. The molecule has 7 heteroatoms. The third kappa shape index (κ3) is 3.85. The molecule has 2 rings (SSSR count). The molecule has 0 radical (unpaired) electrons. The fourth-order valence-corrected chi connectivity index (χ4v) is 2.12. The number of fused-ring (bicyclic) bond motifs is 1. The number of hydrogen-bond acceptors (Lipinski definition) is 4. The Bertz CT molecular complexity index is 707. The molecule has 0 spiro atoms. The summed E-state index contributed by atoms with van der Waals surface area (Å²) in [7, 11) is 0. The summed E-state index contributed by atoms with van der Waals surface area (Å²) in [4.78, 5) is 36.6. The lowest BCUT2D eigenvalue weighted by atomic mass is 10.1. The topological polar surface area (TPSA) is 108 Å². The van der Waals surface area contributed by atoms with E-state index in [9.17, 15) is 19.5 Å². The molecule has 3 N–H and O–H groups in total.